The van der Waals surface area contributed by atoms with Gasteiger partial charge in [0.15, 0.2) is 6.71 Å². The molecule has 1 unspecified atom stereocenters. The fourth-order valence-electron chi connectivity index (χ4n) is 5.08. The number of rotatable bonds is 2. The van der Waals surface area contributed by atoms with E-state index < -0.39 is 0 Å². The summed E-state index contributed by atoms with van der Waals surface area (Å²) in [4.78, 5) is 0. The fraction of sp³-hybridized carbons (Fsp3) is 0.882. The lowest BCUT2D eigenvalue weighted by atomic mass is 9.30. The zero-order valence-electron chi connectivity index (χ0n) is 12.2. The maximum atomic E-state index is 2.69. The van der Waals surface area contributed by atoms with Crippen molar-refractivity contribution in [1.29, 1.82) is 0 Å². The van der Waals surface area contributed by atoms with Crippen LogP contribution in [0.5, 0.6) is 0 Å². The van der Waals surface area contributed by atoms with Gasteiger partial charge in [-0.3, -0.25) is 0 Å². The molecule has 0 spiro atoms. The second kappa shape index (κ2) is 5.84. The summed E-state index contributed by atoms with van der Waals surface area (Å²) in [6, 6.07) is 0. The summed E-state index contributed by atoms with van der Waals surface area (Å²) in [5.41, 5.74) is 1.71. The molecule has 1 aliphatic heterocycles. The number of allylic oxidation sites excluding steroid dienone is 2. The minimum absolute atomic E-state index is 0.966. The maximum absolute atomic E-state index is 2.69. The van der Waals surface area contributed by atoms with Crippen LogP contribution < -0.4 is 0 Å². The first-order valence-electron chi connectivity index (χ1n) is 8.52. The van der Waals surface area contributed by atoms with Gasteiger partial charge < -0.3 is 0 Å². The standard InChI is InChI=1S/C17H29B/c1-14-12-17(15-8-4-2-5-9-15)18(13-14)16-10-6-3-7-11-16/h12,15-17H,2-11,13H2,1H3. The molecule has 100 valence electrons. The Hall–Kier alpha value is -0.195. The van der Waals surface area contributed by atoms with E-state index in [2.05, 4.69) is 13.0 Å². The van der Waals surface area contributed by atoms with E-state index in [0.29, 0.717) is 0 Å². The van der Waals surface area contributed by atoms with E-state index in [1.54, 1.807) is 5.57 Å². The van der Waals surface area contributed by atoms with Crippen molar-refractivity contribution in [3.63, 3.8) is 0 Å². The molecule has 0 aromatic rings. The molecule has 0 N–H and O–H groups in total. The Kier molecular flexibility index (Phi) is 4.16. The molecule has 18 heavy (non-hydrogen) atoms. The van der Waals surface area contributed by atoms with Crippen LogP contribution in [0.4, 0.5) is 0 Å². The van der Waals surface area contributed by atoms with Crippen molar-refractivity contribution in [3.05, 3.63) is 11.6 Å². The second-order valence-corrected chi connectivity index (χ2v) is 7.25. The van der Waals surface area contributed by atoms with Crippen LogP contribution in [0.2, 0.25) is 18.0 Å². The molecule has 1 heteroatoms. The van der Waals surface area contributed by atoms with Crippen LogP contribution >= 0.6 is 0 Å². The van der Waals surface area contributed by atoms with Gasteiger partial charge in [0.1, 0.15) is 0 Å². The van der Waals surface area contributed by atoms with Crippen molar-refractivity contribution in [2.24, 2.45) is 5.92 Å². The summed E-state index contributed by atoms with van der Waals surface area (Å²) in [5, 5.41) is 0. The van der Waals surface area contributed by atoms with E-state index >= 15 is 0 Å². The molecule has 3 rings (SSSR count). The van der Waals surface area contributed by atoms with Gasteiger partial charge in [-0.25, -0.2) is 0 Å². The molecule has 0 bridgehead atoms. The third-order valence-electron chi connectivity index (χ3n) is 5.98. The summed E-state index contributed by atoms with van der Waals surface area (Å²) < 4.78 is 0. The maximum Gasteiger partial charge on any atom is 0.155 e. The smallest absolute Gasteiger partial charge is 0.0901 e. The van der Waals surface area contributed by atoms with Crippen LogP contribution in [0.25, 0.3) is 0 Å². The molecule has 1 atom stereocenters. The Balaban J connectivity index is 1.68. The monoisotopic (exact) mass is 244 g/mol. The van der Waals surface area contributed by atoms with Gasteiger partial charge in [0.25, 0.3) is 0 Å². The zero-order chi connectivity index (χ0) is 12.4. The highest BCUT2D eigenvalue weighted by atomic mass is 14.3. The lowest BCUT2D eigenvalue weighted by molar-refractivity contribution is 0.356. The van der Waals surface area contributed by atoms with Crippen molar-refractivity contribution >= 4 is 6.71 Å². The van der Waals surface area contributed by atoms with E-state index in [0.717, 1.165) is 24.3 Å². The first-order chi connectivity index (χ1) is 8.84. The minimum atomic E-state index is 0.966. The molecule has 2 fully saturated rings. The Morgan fingerprint density at radius 3 is 2.17 bits per heavy atom. The van der Waals surface area contributed by atoms with Crippen LogP contribution in [0.1, 0.15) is 71.1 Å². The van der Waals surface area contributed by atoms with E-state index in [-0.39, 0.29) is 0 Å². The Bertz CT molecular complexity index is 295. The van der Waals surface area contributed by atoms with Gasteiger partial charge in [0, 0.05) is 0 Å². The lowest BCUT2D eigenvalue weighted by Crippen LogP contribution is -2.29. The van der Waals surface area contributed by atoms with Crippen molar-refractivity contribution in [2.75, 3.05) is 0 Å². The van der Waals surface area contributed by atoms with Crippen LogP contribution in [0, 0.1) is 5.92 Å². The van der Waals surface area contributed by atoms with Crippen molar-refractivity contribution < 1.29 is 0 Å². The van der Waals surface area contributed by atoms with Crippen molar-refractivity contribution in [1.82, 2.24) is 0 Å². The molecule has 1 heterocycles. The van der Waals surface area contributed by atoms with Gasteiger partial charge in [-0.05, 0) is 18.7 Å². The SMILES string of the molecule is CC1=CC(C2CCCCC2)B(C2CCCCC2)C1. The Labute approximate surface area is 114 Å². The zero-order valence-corrected chi connectivity index (χ0v) is 12.2. The number of hydrogen-bond acceptors (Lipinski definition) is 0. The highest BCUT2D eigenvalue weighted by molar-refractivity contribution is 6.64. The van der Waals surface area contributed by atoms with E-state index in [1.807, 2.05) is 0 Å². The van der Waals surface area contributed by atoms with Gasteiger partial charge in [0.05, 0.1) is 0 Å². The Morgan fingerprint density at radius 2 is 1.50 bits per heavy atom. The normalized spacial score (nSPS) is 31.7. The predicted molar refractivity (Wildman–Crippen MR) is 81.5 cm³/mol. The average molecular weight is 244 g/mol. The predicted octanol–water partition coefficient (Wildman–Crippen LogP) is 5.73. The molecule has 0 nitrogen and oxygen atoms in total. The van der Waals surface area contributed by atoms with Gasteiger partial charge in [-0.2, -0.15) is 0 Å². The second-order valence-electron chi connectivity index (χ2n) is 7.25. The molecule has 2 saturated carbocycles. The number of hydrogen-bond donors (Lipinski definition) is 0. The molecular weight excluding hydrogens is 215 g/mol. The summed E-state index contributed by atoms with van der Waals surface area (Å²) in [6.07, 6.45) is 19.3. The fourth-order valence-corrected chi connectivity index (χ4v) is 5.08. The van der Waals surface area contributed by atoms with E-state index in [1.165, 1.54) is 70.5 Å². The van der Waals surface area contributed by atoms with E-state index in [4.69, 9.17) is 0 Å². The lowest BCUT2D eigenvalue weighted by Gasteiger charge is -2.35. The van der Waals surface area contributed by atoms with Crippen LogP contribution in [-0.4, -0.2) is 6.71 Å². The molecule has 2 aliphatic carbocycles. The van der Waals surface area contributed by atoms with Crippen molar-refractivity contribution in [2.45, 2.75) is 89.1 Å². The highest BCUT2D eigenvalue weighted by Crippen LogP contribution is 2.48. The highest BCUT2D eigenvalue weighted by Gasteiger charge is 2.40. The average Bonchev–Trinajstić information content (AvgIpc) is 2.83. The van der Waals surface area contributed by atoms with Crippen LogP contribution in [0.15, 0.2) is 11.6 Å². The molecule has 0 radical (unpaired) electrons. The third-order valence-corrected chi connectivity index (χ3v) is 5.98. The van der Waals surface area contributed by atoms with Crippen LogP contribution in [0.3, 0.4) is 0 Å². The summed E-state index contributed by atoms with van der Waals surface area (Å²) in [6.45, 7) is 3.42. The van der Waals surface area contributed by atoms with Gasteiger partial charge in [-0.15, -0.1) is 0 Å². The largest absolute Gasteiger partial charge is 0.155 e. The first-order valence-corrected chi connectivity index (χ1v) is 8.52. The molecule has 0 aromatic heterocycles. The van der Waals surface area contributed by atoms with Gasteiger partial charge in [0.2, 0.25) is 0 Å². The summed E-state index contributed by atoms with van der Waals surface area (Å²) in [5.74, 6) is 3.08. The van der Waals surface area contributed by atoms with E-state index in [9.17, 15) is 0 Å². The van der Waals surface area contributed by atoms with Crippen LogP contribution in [-0.2, 0) is 0 Å². The third kappa shape index (κ3) is 2.70. The van der Waals surface area contributed by atoms with Gasteiger partial charge in [-0.1, -0.05) is 88.0 Å². The molecular formula is C17H29B. The summed E-state index contributed by atoms with van der Waals surface area (Å²) >= 11 is 0. The molecule has 0 amide bonds. The molecule has 0 aromatic carbocycles. The quantitative estimate of drug-likeness (QED) is 0.430. The molecule has 3 aliphatic rings. The van der Waals surface area contributed by atoms with Gasteiger partial charge >= 0.3 is 0 Å². The Morgan fingerprint density at radius 1 is 0.889 bits per heavy atom. The first kappa shape index (κ1) is 12.8. The molecule has 0 saturated heterocycles. The van der Waals surface area contributed by atoms with Crippen molar-refractivity contribution in [3.8, 4) is 0 Å². The topological polar surface area (TPSA) is 0 Å². The minimum Gasteiger partial charge on any atom is -0.0901 e. The summed E-state index contributed by atoms with van der Waals surface area (Å²) in [7, 11) is 0.